The number of carbonyl (C=O) groups excluding carboxylic acids is 1. The Morgan fingerprint density at radius 3 is 2.08 bits per heavy atom. The zero-order valence-corrected chi connectivity index (χ0v) is 17.4. The molecule has 0 aliphatic carbocycles. The van der Waals surface area contributed by atoms with Gasteiger partial charge in [0.25, 0.3) is 0 Å². The zero-order valence-electron chi connectivity index (χ0n) is 16.4. The van der Waals surface area contributed by atoms with Crippen molar-refractivity contribution in [2.75, 3.05) is 6.54 Å². The van der Waals surface area contributed by atoms with Gasteiger partial charge in [-0.3, -0.25) is 0 Å². The van der Waals surface area contributed by atoms with Gasteiger partial charge >= 0.3 is 6.09 Å². The smallest absolute Gasteiger partial charge is 0.407 e. The van der Waals surface area contributed by atoms with E-state index in [4.69, 9.17) is 9.16 Å². The van der Waals surface area contributed by atoms with E-state index in [1.165, 1.54) is 0 Å². The summed E-state index contributed by atoms with van der Waals surface area (Å²) in [6.07, 6.45) is -0.595. The van der Waals surface area contributed by atoms with E-state index in [1.807, 2.05) is 51.1 Å². The highest BCUT2D eigenvalue weighted by Crippen LogP contribution is 2.39. The van der Waals surface area contributed by atoms with Crippen LogP contribution < -0.4 is 5.32 Å². The molecular weight excluding hydrogens is 318 g/mol. The Kier molecular flexibility index (Phi) is 6.65. The van der Waals surface area contributed by atoms with Crippen LogP contribution in [0.5, 0.6) is 0 Å². The minimum atomic E-state index is -1.96. The molecule has 1 rings (SSSR count). The summed E-state index contributed by atoms with van der Waals surface area (Å²) in [5, 5.41) is 2.95. The molecule has 0 aromatic heterocycles. The highest BCUT2D eigenvalue weighted by Gasteiger charge is 2.39. The first kappa shape index (κ1) is 20.7. The van der Waals surface area contributed by atoms with Crippen LogP contribution in [0.15, 0.2) is 30.3 Å². The lowest BCUT2D eigenvalue weighted by atomic mass is 10.1. The predicted molar refractivity (Wildman–Crippen MR) is 102 cm³/mol. The summed E-state index contributed by atoms with van der Waals surface area (Å²) in [6.45, 7) is 17.0. The third kappa shape index (κ3) is 6.65. The fraction of sp³-hybridized carbons (Fsp3) is 0.632. The topological polar surface area (TPSA) is 47.6 Å². The van der Waals surface area contributed by atoms with Gasteiger partial charge < -0.3 is 14.5 Å². The van der Waals surface area contributed by atoms with Crippen molar-refractivity contribution in [1.29, 1.82) is 0 Å². The van der Waals surface area contributed by atoms with Crippen molar-refractivity contribution in [3.8, 4) is 0 Å². The molecule has 1 amide bonds. The standard InChI is InChI=1S/C19H33NO3Si/c1-18(2,3)22-17(21)20-14-16(15-12-10-9-11-13-15)23-24(7,8)19(4,5)6/h9-13,16H,14H2,1-8H3,(H,20,21)/t16-/m1/s1. The molecule has 0 heterocycles. The first-order valence-corrected chi connectivity index (χ1v) is 11.4. The van der Waals surface area contributed by atoms with Gasteiger partial charge in [-0.25, -0.2) is 4.79 Å². The lowest BCUT2D eigenvalue weighted by Gasteiger charge is -2.39. The third-order valence-corrected chi connectivity index (χ3v) is 8.73. The first-order valence-electron chi connectivity index (χ1n) is 8.51. The summed E-state index contributed by atoms with van der Waals surface area (Å²) in [4.78, 5) is 12.0. The van der Waals surface area contributed by atoms with Gasteiger partial charge in [0.15, 0.2) is 8.32 Å². The summed E-state index contributed by atoms with van der Waals surface area (Å²) >= 11 is 0. The molecule has 0 aliphatic heterocycles. The normalized spacial score (nSPS) is 14.2. The van der Waals surface area contributed by atoms with Gasteiger partial charge in [0.2, 0.25) is 0 Å². The van der Waals surface area contributed by atoms with E-state index >= 15 is 0 Å². The average molecular weight is 352 g/mol. The van der Waals surface area contributed by atoms with Gasteiger partial charge in [-0.1, -0.05) is 51.1 Å². The molecule has 0 saturated carbocycles. The van der Waals surface area contributed by atoms with Crippen molar-refractivity contribution < 1.29 is 14.0 Å². The van der Waals surface area contributed by atoms with E-state index in [9.17, 15) is 4.79 Å². The molecule has 0 aliphatic rings. The van der Waals surface area contributed by atoms with Crippen molar-refractivity contribution in [3.05, 3.63) is 35.9 Å². The zero-order chi connectivity index (χ0) is 18.6. The van der Waals surface area contributed by atoms with E-state index in [2.05, 4.69) is 39.2 Å². The van der Waals surface area contributed by atoms with Crippen molar-refractivity contribution >= 4 is 14.4 Å². The van der Waals surface area contributed by atoms with Crippen molar-refractivity contribution in [1.82, 2.24) is 5.32 Å². The molecule has 1 N–H and O–H groups in total. The number of nitrogens with one attached hydrogen (secondary N) is 1. The van der Waals surface area contributed by atoms with Crippen LogP contribution >= 0.6 is 0 Å². The summed E-state index contributed by atoms with van der Waals surface area (Å²) in [5.41, 5.74) is 0.561. The number of rotatable bonds is 5. The van der Waals surface area contributed by atoms with Crippen LogP contribution in [0, 0.1) is 0 Å². The van der Waals surface area contributed by atoms with Crippen LogP contribution in [0.2, 0.25) is 18.1 Å². The van der Waals surface area contributed by atoms with Gasteiger partial charge in [0.1, 0.15) is 5.60 Å². The van der Waals surface area contributed by atoms with E-state index in [0.717, 1.165) is 5.56 Å². The second kappa shape index (κ2) is 7.70. The Bertz CT molecular complexity index is 530. The Morgan fingerprint density at radius 2 is 1.62 bits per heavy atom. The molecule has 1 aromatic carbocycles. The van der Waals surface area contributed by atoms with Gasteiger partial charge in [-0.05, 0) is 44.5 Å². The van der Waals surface area contributed by atoms with Crippen LogP contribution in [0.25, 0.3) is 0 Å². The number of hydrogen-bond donors (Lipinski definition) is 1. The fourth-order valence-corrected chi connectivity index (χ4v) is 3.20. The lowest BCUT2D eigenvalue weighted by Crippen LogP contribution is -2.44. The summed E-state index contributed by atoms with van der Waals surface area (Å²) in [6, 6.07) is 10.0. The average Bonchev–Trinajstić information content (AvgIpc) is 2.41. The molecule has 136 valence electrons. The largest absolute Gasteiger partial charge is 0.444 e. The summed E-state index contributed by atoms with van der Waals surface area (Å²) in [7, 11) is -1.96. The molecule has 5 heteroatoms. The molecule has 24 heavy (non-hydrogen) atoms. The third-order valence-electron chi connectivity index (χ3n) is 4.25. The minimum absolute atomic E-state index is 0.103. The highest BCUT2D eigenvalue weighted by molar-refractivity contribution is 6.74. The Labute approximate surface area is 148 Å². The second-order valence-electron chi connectivity index (χ2n) is 8.66. The minimum Gasteiger partial charge on any atom is -0.444 e. The maximum atomic E-state index is 12.0. The summed E-state index contributed by atoms with van der Waals surface area (Å²) in [5.74, 6) is 0. The van der Waals surface area contributed by atoms with Crippen LogP contribution in [-0.4, -0.2) is 26.6 Å². The molecule has 0 unspecified atom stereocenters. The number of carbonyl (C=O) groups is 1. The van der Waals surface area contributed by atoms with Gasteiger partial charge in [-0.15, -0.1) is 0 Å². The molecule has 4 nitrogen and oxygen atoms in total. The highest BCUT2D eigenvalue weighted by atomic mass is 28.4. The Balaban J connectivity index is 2.86. The molecule has 0 bridgehead atoms. The maximum Gasteiger partial charge on any atom is 0.407 e. The van der Waals surface area contributed by atoms with E-state index in [-0.39, 0.29) is 11.1 Å². The van der Waals surface area contributed by atoms with E-state index in [1.54, 1.807) is 0 Å². The first-order chi connectivity index (χ1) is 10.8. The van der Waals surface area contributed by atoms with E-state index < -0.39 is 20.0 Å². The molecule has 0 fully saturated rings. The quantitative estimate of drug-likeness (QED) is 0.735. The van der Waals surface area contributed by atoms with Crippen LogP contribution in [0.3, 0.4) is 0 Å². The lowest BCUT2D eigenvalue weighted by molar-refractivity contribution is 0.0496. The Hall–Kier alpha value is -1.33. The van der Waals surface area contributed by atoms with Crippen LogP contribution in [0.1, 0.15) is 53.2 Å². The monoisotopic (exact) mass is 351 g/mol. The number of hydrogen-bond acceptors (Lipinski definition) is 3. The number of amides is 1. The molecule has 1 aromatic rings. The maximum absolute atomic E-state index is 12.0. The number of ether oxygens (including phenoxy) is 1. The molecule has 0 spiro atoms. The van der Waals surface area contributed by atoms with Crippen molar-refractivity contribution in [2.45, 2.75) is 71.4 Å². The van der Waals surface area contributed by atoms with Gasteiger partial charge in [-0.2, -0.15) is 0 Å². The summed E-state index contributed by atoms with van der Waals surface area (Å²) < 4.78 is 11.9. The predicted octanol–water partition coefficient (Wildman–Crippen LogP) is 5.27. The molecule has 0 saturated heterocycles. The fourth-order valence-electron chi connectivity index (χ4n) is 1.92. The van der Waals surface area contributed by atoms with E-state index in [0.29, 0.717) is 6.54 Å². The molecule has 0 radical (unpaired) electrons. The van der Waals surface area contributed by atoms with Gasteiger partial charge in [0.05, 0.1) is 12.6 Å². The number of benzene rings is 1. The second-order valence-corrected chi connectivity index (χ2v) is 13.4. The van der Waals surface area contributed by atoms with Crippen LogP contribution in [0.4, 0.5) is 4.79 Å². The van der Waals surface area contributed by atoms with Crippen molar-refractivity contribution in [3.63, 3.8) is 0 Å². The van der Waals surface area contributed by atoms with Crippen LogP contribution in [-0.2, 0) is 9.16 Å². The van der Waals surface area contributed by atoms with Crippen molar-refractivity contribution in [2.24, 2.45) is 0 Å². The Morgan fingerprint density at radius 1 is 1.08 bits per heavy atom. The van der Waals surface area contributed by atoms with Gasteiger partial charge in [0, 0.05) is 0 Å². The molecule has 1 atom stereocenters. The SMILES string of the molecule is CC(C)(C)OC(=O)NC[C@@H](O[Si](C)(C)C(C)(C)C)c1ccccc1. The number of alkyl carbamates (subject to hydrolysis) is 1. The molecular formula is C19H33NO3Si.